The van der Waals surface area contributed by atoms with Crippen LogP contribution in [0, 0.1) is 20.8 Å². The van der Waals surface area contributed by atoms with Crippen LogP contribution in [0.15, 0.2) is 24.3 Å². The van der Waals surface area contributed by atoms with Crippen LogP contribution < -0.4 is 10.2 Å². The number of hydrogen-bond acceptors (Lipinski definition) is 3. The second-order valence-electron chi connectivity index (χ2n) is 7.83. The van der Waals surface area contributed by atoms with Crippen LogP contribution in [0.2, 0.25) is 0 Å². The van der Waals surface area contributed by atoms with Gasteiger partial charge in [0.25, 0.3) is 5.91 Å². The highest BCUT2D eigenvalue weighted by molar-refractivity contribution is 5.97. The molecule has 0 radical (unpaired) electrons. The van der Waals surface area contributed by atoms with Gasteiger partial charge in [0.15, 0.2) is 0 Å². The average Bonchev–Trinajstić information content (AvgIpc) is 3.43. The first-order chi connectivity index (χ1) is 13.0. The highest BCUT2D eigenvalue weighted by Crippen LogP contribution is 2.33. The summed E-state index contributed by atoms with van der Waals surface area (Å²) in [5.74, 6) is 0.0599. The van der Waals surface area contributed by atoms with E-state index in [0.717, 1.165) is 56.1 Å². The van der Waals surface area contributed by atoms with Gasteiger partial charge >= 0.3 is 0 Å². The number of morpholine rings is 1. The van der Waals surface area contributed by atoms with E-state index in [1.54, 1.807) is 0 Å². The van der Waals surface area contributed by atoms with Crippen molar-refractivity contribution in [3.8, 4) is 0 Å². The standard InChI is InChI=1S/C22H29N3O2/c1-15-4-6-18(7-5-15)14-25-17(3)20(24-10-12-27-13-11-24)16(2)21(25)22(26)23-19-8-9-19/h4-7,19H,8-14H2,1-3H3,(H,23,26). The van der Waals surface area contributed by atoms with Gasteiger partial charge in [-0.05, 0) is 39.2 Å². The third-order valence-electron chi connectivity index (χ3n) is 5.64. The van der Waals surface area contributed by atoms with Crippen molar-refractivity contribution < 1.29 is 9.53 Å². The highest BCUT2D eigenvalue weighted by Gasteiger charge is 2.30. The molecule has 1 amide bonds. The van der Waals surface area contributed by atoms with Crippen LogP contribution in [0.1, 0.15) is 45.7 Å². The second-order valence-corrected chi connectivity index (χ2v) is 7.83. The molecule has 5 nitrogen and oxygen atoms in total. The van der Waals surface area contributed by atoms with Gasteiger partial charge in [-0.1, -0.05) is 29.8 Å². The molecule has 144 valence electrons. The Kier molecular flexibility index (Phi) is 4.96. The van der Waals surface area contributed by atoms with Gasteiger partial charge in [-0.3, -0.25) is 4.79 Å². The number of nitrogens with one attached hydrogen (secondary N) is 1. The minimum atomic E-state index is 0.0599. The number of benzene rings is 1. The number of carbonyl (C=O) groups is 1. The first kappa shape index (κ1) is 18.1. The lowest BCUT2D eigenvalue weighted by molar-refractivity contribution is 0.0941. The van der Waals surface area contributed by atoms with Gasteiger partial charge in [0, 0.05) is 36.9 Å². The molecule has 2 fully saturated rings. The van der Waals surface area contributed by atoms with E-state index in [4.69, 9.17) is 4.74 Å². The lowest BCUT2D eigenvalue weighted by Crippen LogP contribution is -2.36. The summed E-state index contributed by atoms with van der Waals surface area (Å²) in [6.45, 7) is 10.3. The fraction of sp³-hybridized carbons (Fsp3) is 0.500. The van der Waals surface area contributed by atoms with Gasteiger partial charge in [0.1, 0.15) is 5.69 Å². The fourth-order valence-electron chi connectivity index (χ4n) is 3.98. The molecule has 5 heteroatoms. The zero-order valence-corrected chi connectivity index (χ0v) is 16.5. The predicted molar refractivity (Wildman–Crippen MR) is 108 cm³/mol. The van der Waals surface area contributed by atoms with Gasteiger partial charge < -0.3 is 19.5 Å². The van der Waals surface area contributed by atoms with E-state index in [2.05, 4.69) is 59.8 Å². The number of carbonyl (C=O) groups excluding carboxylic acids is 1. The molecule has 1 N–H and O–H groups in total. The van der Waals surface area contributed by atoms with Crippen molar-refractivity contribution in [1.29, 1.82) is 0 Å². The maximum absolute atomic E-state index is 13.1. The molecule has 1 aromatic carbocycles. The fourth-order valence-corrected chi connectivity index (χ4v) is 3.98. The number of aromatic nitrogens is 1. The summed E-state index contributed by atoms with van der Waals surface area (Å²) in [4.78, 5) is 15.4. The molecule has 0 unspecified atom stereocenters. The smallest absolute Gasteiger partial charge is 0.268 e. The Hall–Kier alpha value is -2.27. The number of hydrogen-bond donors (Lipinski definition) is 1. The molecule has 27 heavy (non-hydrogen) atoms. The molecule has 1 aliphatic carbocycles. The molecule has 0 atom stereocenters. The maximum Gasteiger partial charge on any atom is 0.268 e. The molecule has 4 rings (SSSR count). The summed E-state index contributed by atoms with van der Waals surface area (Å²) in [6, 6.07) is 8.93. The van der Waals surface area contributed by atoms with Crippen LogP contribution in [0.25, 0.3) is 0 Å². The van der Waals surface area contributed by atoms with E-state index in [0.29, 0.717) is 12.6 Å². The van der Waals surface area contributed by atoms with Crippen molar-refractivity contribution in [2.24, 2.45) is 0 Å². The quantitative estimate of drug-likeness (QED) is 0.883. The number of amides is 1. The summed E-state index contributed by atoms with van der Waals surface area (Å²) in [6.07, 6.45) is 2.19. The van der Waals surface area contributed by atoms with Crippen molar-refractivity contribution in [3.05, 3.63) is 52.3 Å². The molecule has 0 spiro atoms. The van der Waals surface area contributed by atoms with Gasteiger partial charge in [0.05, 0.1) is 18.9 Å². The van der Waals surface area contributed by atoms with Gasteiger partial charge in [-0.25, -0.2) is 0 Å². The molecule has 1 saturated carbocycles. The van der Waals surface area contributed by atoms with E-state index in [9.17, 15) is 4.79 Å². The Balaban J connectivity index is 1.73. The Morgan fingerprint density at radius 1 is 1.11 bits per heavy atom. The first-order valence-corrected chi connectivity index (χ1v) is 9.93. The Bertz CT molecular complexity index is 828. The summed E-state index contributed by atoms with van der Waals surface area (Å²) in [5, 5.41) is 3.19. The number of ether oxygens (including phenoxy) is 1. The van der Waals surface area contributed by atoms with E-state index >= 15 is 0 Å². The van der Waals surface area contributed by atoms with E-state index < -0.39 is 0 Å². The molecular formula is C22H29N3O2. The number of anilines is 1. The normalized spacial score (nSPS) is 17.2. The number of rotatable bonds is 5. The monoisotopic (exact) mass is 367 g/mol. The minimum Gasteiger partial charge on any atom is -0.378 e. The van der Waals surface area contributed by atoms with Gasteiger partial charge in [-0.2, -0.15) is 0 Å². The third kappa shape index (κ3) is 3.74. The van der Waals surface area contributed by atoms with Crippen molar-refractivity contribution >= 4 is 11.6 Å². The van der Waals surface area contributed by atoms with Gasteiger partial charge in [0.2, 0.25) is 0 Å². The van der Waals surface area contributed by atoms with Crippen molar-refractivity contribution in [2.75, 3.05) is 31.2 Å². The Morgan fingerprint density at radius 3 is 2.41 bits per heavy atom. The number of aryl methyl sites for hydroxylation is 1. The SMILES string of the molecule is Cc1ccc(Cn2c(C)c(N3CCOCC3)c(C)c2C(=O)NC2CC2)cc1. The summed E-state index contributed by atoms with van der Waals surface area (Å²) in [5.41, 5.74) is 6.72. The second kappa shape index (κ2) is 7.39. The lowest BCUT2D eigenvalue weighted by Gasteiger charge is -2.29. The minimum absolute atomic E-state index is 0.0599. The lowest BCUT2D eigenvalue weighted by atomic mass is 10.1. The van der Waals surface area contributed by atoms with E-state index in [1.165, 1.54) is 16.8 Å². The van der Waals surface area contributed by atoms with Crippen LogP contribution in [0.5, 0.6) is 0 Å². The summed E-state index contributed by atoms with van der Waals surface area (Å²) < 4.78 is 7.72. The van der Waals surface area contributed by atoms with Gasteiger partial charge in [-0.15, -0.1) is 0 Å². The van der Waals surface area contributed by atoms with E-state index in [-0.39, 0.29) is 5.91 Å². The largest absolute Gasteiger partial charge is 0.378 e. The topological polar surface area (TPSA) is 46.5 Å². The molecule has 0 bridgehead atoms. The van der Waals surface area contributed by atoms with Crippen molar-refractivity contribution in [1.82, 2.24) is 9.88 Å². The zero-order valence-electron chi connectivity index (χ0n) is 16.5. The van der Waals surface area contributed by atoms with Crippen molar-refractivity contribution in [3.63, 3.8) is 0 Å². The molecule has 1 saturated heterocycles. The molecular weight excluding hydrogens is 338 g/mol. The van der Waals surface area contributed by atoms with Crippen LogP contribution in [0.3, 0.4) is 0 Å². The van der Waals surface area contributed by atoms with Crippen molar-refractivity contribution in [2.45, 2.75) is 46.2 Å². The molecule has 1 aromatic heterocycles. The first-order valence-electron chi connectivity index (χ1n) is 9.93. The van der Waals surface area contributed by atoms with Crippen LogP contribution >= 0.6 is 0 Å². The Morgan fingerprint density at radius 2 is 1.78 bits per heavy atom. The number of nitrogens with zero attached hydrogens (tertiary/aromatic N) is 2. The van der Waals surface area contributed by atoms with Crippen LogP contribution in [0.4, 0.5) is 5.69 Å². The average molecular weight is 367 g/mol. The zero-order chi connectivity index (χ0) is 19.0. The van der Waals surface area contributed by atoms with Crippen LogP contribution in [-0.4, -0.2) is 42.8 Å². The Labute approximate surface area is 161 Å². The van der Waals surface area contributed by atoms with Crippen LogP contribution in [-0.2, 0) is 11.3 Å². The molecule has 2 heterocycles. The highest BCUT2D eigenvalue weighted by atomic mass is 16.5. The summed E-state index contributed by atoms with van der Waals surface area (Å²) >= 11 is 0. The molecule has 2 aromatic rings. The summed E-state index contributed by atoms with van der Waals surface area (Å²) in [7, 11) is 0. The maximum atomic E-state index is 13.1. The third-order valence-corrected chi connectivity index (χ3v) is 5.64. The molecule has 2 aliphatic rings. The van der Waals surface area contributed by atoms with E-state index in [1.807, 2.05) is 0 Å². The molecule has 1 aliphatic heterocycles. The predicted octanol–water partition coefficient (Wildman–Crippen LogP) is 3.19.